The lowest BCUT2D eigenvalue weighted by Crippen LogP contribution is -2.59. The van der Waals surface area contributed by atoms with E-state index in [1.54, 1.807) is 26.3 Å². The van der Waals surface area contributed by atoms with E-state index in [4.69, 9.17) is 14.6 Å². The molecule has 3 N–H and O–H groups in total. The van der Waals surface area contributed by atoms with E-state index in [0.29, 0.717) is 12.4 Å². The zero-order valence-electron chi connectivity index (χ0n) is 28.6. The lowest BCUT2D eigenvalue weighted by atomic mass is 9.85. The van der Waals surface area contributed by atoms with E-state index in [9.17, 15) is 23.6 Å². The number of hydrogen-bond acceptors (Lipinski definition) is 9. The highest BCUT2D eigenvalue weighted by Crippen LogP contribution is 2.40. The predicted octanol–water partition coefficient (Wildman–Crippen LogP) is 4.62. The Kier molecular flexibility index (Phi) is 12.6. The first kappa shape index (κ1) is 37.2. The van der Waals surface area contributed by atoms with Gasteiger partial charge in [-0.05, 0) is 49.7 Å². The summed E-state index contributed by atoms with van der Waals surface area (Å²) in [5.74, 6) is -1.72. The molecule has 0 spiro atoms. The Morgan fingerprint density at radius 1 is 1.15 bits per heavy atom. The summed E-state index contributed by atoms with van der Waals surface area (Å²) in [4.78, 5) is 58.9. The second kappa shape index (κ2) is 16.2. The van der Waals surface area contributed by atoms with Gasteiger partial charge in [0.25, 0.3) is 5.91 Å². The first-order valence-electron chi connectivity index (χ1n) is 16.8. The largest absolute Gasteiger partial charge is 0.493 e. The van der Waals surface area contributed by atoms with Crippen molar-refractivity contribution in [3.63, 3.8) is 0 Å². The number of ether oxygens (including phenoxy) is 2. The fourth-order valence-electron chi connectivity index (χ4n) is 5.80. The van der Waals surface area contributed by atoms with Crippen LogP contribution in [-0.2, 0) is 30.5 Å². The van der Waals surface area contributed by atoms with Gasteiger partial charge in [-0.2, -0.15) is 0 Å². The molecule has 2 fully saturated rings. The molecule has 4 rings (SSSR count). The number of halogens is 1. The number of aryl methyl sites for hydroxylation is 1. The van der Waals surface area contributed by atoms with Crippen molar-refractivity contribution >= 4 is 35.0 Å². The number of nitrogens with one attached hydrogen (secondary N) is 2. The summed E-state index contributed by atoms with van der Waals surface area (Å²) in [5.41, 5.74) is 1.64. The highest BCUT2D eigenvalue weighted by Gasteiger charge is 2.53. The van der Waals surface area contributed by atoms with E-state index in [0.717, 1.165) is 53.8 Å². The van der Waals surface area contributed by atoms with E-state index < -0.39 is 53.0 Å². The van der Waals surface area contributed by atoms with Crippen LogP contribution in [-0.4, -0.2) is 82.3 Å². The van der Waals surface area contributed by atoms with Crippen molar-refractivity contribution in [2.75, 3.05) is 19.8 Å². The van der Waals surface area contributed by atoms with Crippen molar-refractivity contribution in [1.82, 2.24) is 20.5 Å². The second-order valence-electron chi connectivity index (χ2n) is 13.9. The van der Waals surface area contributed by atoms with Gasteiger partial charge in [-0.1, -0.05) is 52.2 Å². The molecular weight excluding hydrogens is 639 g/mol. The lowest BCUT2D eigenvalue weighted by Gasteiger charge is -2.35. The summed E-state index contributed by atoms with van der Waals surface area (Å²) in [5, 5.41) is 14.6. The number of esters is 1. The Labute approximate surface area is 286 Å². The van der Waals surface area contributed by atoms with Crippen LogP contribution in [0.1, 0.15) is 90.3 Å². The molecule has 1 aromatic carbocycles. The van der Waals surface area contributed by atoms with Gasteiger partial charge in [-0.3, -0.25) is 19.2 Å². The van der Waals surface area contributed by atoms with E-state index in [1.165, 1.54) is 23.2 Å². The van der Waals surface area contributed by atoms with Crippen LogP contribution in [0.5, 0.6) is 5.75 Å². The Bertz CT molecular complexity index is 1450. The average molecular weight is 689 g/mol. The van der Waals surface area contributed by atoms with Crippen LogP contribution in [0.15, 0.2) is 23.7 Å². The van der Waals surface area contributed by atoms with Gasteiger partial charge >= 0.3 is 5.97 Å². The SMILES string of the molecule is CC(=O)O[C@@H]1C[C@@H](C(=O)NCc2ccc(-c3scnc3C)cc2OCCCCCCCO)N(C(=O)[C@@H](NC(=O)C2(F)CC2)C(C)(C)C)C1. The fourth-order valence-corrected chi connectivity index (χ4v) is 6.61. The predicted molar refractivity (Wildman–Crippen MR) is 180 cm³/mol. The first-order valence-corrected chi connectivity index (χ1v) is 17.6. The van der Waals surface area contributed by atoms with Gasteiger partial charge in [0.2, 0.25) is 11.8 Å². The molecule has 1 aromatic heterocycles. The molecule has 2 aliphatic rings. The molecule has 3 atom stereocenters. The number of carbonyl (C=O) groups is 4. The Balaban J connectivity index is 1.50. The maximum Gasteiger partial charge on any atom is 0.302 e. The number of thiazole rings is 1. The quantitative estimate of drug-likeness (QED) is 0.171. The molecule has 2 aromatic rings. The summed E-state index contributed by atoms with van der Waals surface area (Å²) in [6, 6.07) is 3.73. The van der Waals surface area contributed by atoms with Crippen LogP contribution in [0.25, 0.3) is 10.4 Å². The summed E-state index contributed by atoms with van der Waals surface area (Å²) in [6.07, 6.45) is 4.15. The maximum absolute atomic E-state index is 14.6. The number of unbranched alkanes of at least 4 members (excludes halogenated alkanes) is 4. The van der Waals surface area contributed by atoms with Gasteiger partial charge in [0, 0.05) is 32.1 Å². The number of aliphatic hydroxyl groups excluding tert-OH is 1. The van der Waals surface area contributed by atoms with Crippen molar-refractivity contribution in [3.8, 4) is 16.2 Å². The molecule has 0 bridgehead atoms. The normalized spacial score (nSPS) is 19.0. The number of rotatable bonds is 16. The van der Waals surface area contributed by atoms with Crippen LogP contribution in [0.2, 0.25) is 0 Å². The minimum atomic E-state index is -1.97. The molecule has 1 aliphatic heterocycles. The molecule has 13 heteroatoms. The van der Waals surface area contributed by atoms with Crippen molar-refractivity contribution in [3.05, 3.63) is 35.0 Å². The van der Waals surface area contributed by atoms with Gasteiger partial charge in [0.15, 0.2) is 5.67 Å². The third kappa shape index (κ3) is 9.74. The standard InChI is InChI=1S/C35H49FN4O7S/c1-22-29(48-21-38-22)24-11-12-25(28(17-24)46-16-10-8-6-7-9-15-41)19-37-31(43)27-18-26(47-23(2)42)20-40(27)32(44)30(34(3,4)5)39-33(45)35(36)13-14-35/h11-12,17,21,26-27,30,41H,6-10,13-16,18-20H2,1-5H3,(H,37,43)(H,39,45)/t26-,27+,30-/m1/s1. The number of nitrogens with zero attached hydrogens (tertiary/aromatic N) is 2. The third-order valence-corrected chi connectivity index (χ3v) is 9.73. The molecule has 3 amide bonds. The molecule has 0 unspecified atom stereocenters. The van der Waals surface area contributed by atoms with Gasteiger partial charge in [-0.25, -0.2) is 9.37 Å². The van der Waals surface area contributed by atoms with Gasteiger partial charge in [0.05, 0.1) is 29.2 Å². The molecule has 0 radical (unpaired) electrons. The second-order valence-corrected chi connectivity index (χ2v) is 14.7. The zero-order valence-corrected chi connectivity index (χ0v) is 29.4. The Morgan fingerprint density at radius 3 is 2.48 bits per heavy atom. The zero-order chi connectivity index (χ0) is 35.1. The maximum atomic E-state index is 14.6. The number of aliphatic hydroxyl groups is 1. The minimum absolute atomic E-state index is 0.0325. The van der Waals surface area contributed by atoms with Crippen molar-refractivity contribution < 1.29 is 38.1 Å². The molecule has 264 valence electrons. The summed E-state index contributed by atoms with van der Waals surface area (Å²) >= 11 is 1.53. The lowest BCUT2D eigenvalue weighted by molar-refractivity contribution is -0.147. The van der Waals surface area contributed by atoms with Crippen LogP contribution in [0, 0.1) is 12.3 Å². The average Bonchev–Trinajstić information content (AvgIpc) is 3.42. The number of alkyl halides is 1. The van der Waals surface area contributed by atoms with Crippen LogP contribution >= 0.6 is 11.3 Å². The number of carbonyl (C=O) groups excluding carboxylic acids is 4. The number of hydrogen-bond donors (Lipinski definition) is 3. The molecule has 1 saturated heterocycles. The topological polar surface area (TPSA) is 147 Å². The van der Waals surface area contributed by atoms with Crippen molar-refractivity contribution in [2.24, 2.45) is 5.41 Å². The Morgan fingerprint density at radius 2 is 1.85 bits per heavy atom. The van der Waals surface area contributed by atoms with Crippen LogP contribution < -0.4 is 15.4 Å². The van der Waals surface area contributed by atoms with Crippen molar-refractivity contribution in [1.29, 1.82) is 0 Å². The molecule has 1 saturated carbocycles. The van der Waals surface area contributed by atoms with Crippen molar-refractivity contribution in [2.45, 2.75) is 116 Å². The van der Waals surface area contributed by atoms with E-state index >= 15 is 0 Å². The summed E-state index contributed by atoms with van der Waals surface area (Å²) in [6.45, 7) is 9.26. The molecule has 1 aliphatic carbocycles. The fraction of sp³-hybridized carbons (Fsp3) is 0.629. The molecule has 48 heavy (non-hydrogen) atoms. The summed E-state index contributed by atoms with van der Waals surface area (Å²) in [7, 11) is 0. The van der Waals surface area contributed by atoms with Crippen LogP contribution in [0.4, 0.5) is 4.39 Å². The smallest absolute Gasteiger partial charge is 0.302 e. The first-order chi connectivity index (χ1) is 22.7. The number of benzene rings is 1. The third-order valence-electron chi connectivity index (χ3n) is 8.75. The summed E-state index contributed by atoms with van der Waals surface area (Å²) < 4.78 is 26.2. The number of amides is 3. The van der Waals surface area contributed by atoms with E-state index in [1.807, 2.05) is 25.1 Å². The molecular formula is C35H49FN4O7S. The van der Waals surface area contributed by atoms with E-state index in [2.05, 4.69) is 15.6 Å². The van der Waals surface area contributed by atoms with Gasteiger partial charge in [-0.15, -0.1) is 11.3 Å². The van der Waals surface area contributed by atoms with Gasteiger partial charge < -0.3 is 30.1 Å². The molecule has 2 heterocycles. The van der Waals surface area contributed by atoms with Crippen LogP contribution in [0.3, 0.4) is 0 Å². The number of likely N-dealkylation sites (tertiary alicyclic amines) is 1. The Hall–Kier alpha value is -3.58. The monoisotopic (exact) mass is 688 g/mol. The van der Waals surface area contributed by atoms with Gasteiger partial charge in [0.1, 0.15) is 23.9 Å². The minimum Gasteiger partial charge on any atom is -0.493 e. The molecule has 11 nitrogen and oxygen atoms in total. The van der Waals surface area contributed by atoms with E-state index in [-0.39, 0.29) is 39.0 Å². The highest BCUT2D eigenvalue weighted by atomic mass is 32.1. The highest BCUT2D eigenvalue weighted by molar-refractivity contribution is 7.13. The number of aromatic nitrogens is 1.